The van der Waals surface area contributed by atoms with E-state index in [9.17, 15) is 9.90 Å². The summed E-state index contributed by atoms with van der Waals surface area (Å²) in [5, 5.41) is 9.76. The monoisotopic (exact) mass is 305 g/mol. The van der Waals surface area contributed by atoms with Crippen LogP contribution < -0.4 is 4.74 Å². The molecule has 0 aromatic carbocycles. The van der Waals surface area contributed by atoms with Crippen LogP contribution in [-0.2, 0) is 5.75 Å². The molecule has 2 aromatic heterocycles. The van der Waals surface area contributed by atoms with E-state index in [1.807, 2.05) is 12.1 Å². The molecule has 0 radical (unpaired) electrons. The molecule has 0 saturated carbocycles. The molecule has 0 aliphatic carbocycles. The van der Waals surface area contributed by atoms with Crippen LogP contribution in [0.1, 0.15) is 27.4 Å². The van der Waals surface area contributed by atoms with Crippen molar-refractivity contribution in [2.24, 2.45) is 0 Å². The Kier molecular flexibility index (Phi) is 4.74. The molecule has 0 atom stereocenters. The van der Waals surface area contributed by atoms with Crippen LogP contribution in [0.4, 0.5) is 0 Å². The average Bonchev–Trinajstić information content (AvgIpc) is 2.44. The summed E-state index contributed by atoms with van der Waals surface area (Å²) < 4.78 is 5.19. The molecule has 110 valence electrons. The molecule has 0 aliphatic heterocycles. The van der Waals surface area contributed by atoms with Crippen LogP contribution in [-0.4, -0.2) is 33.1 Å². The van der Waals surface area contributed by atoms with Gasteiger partial charge >= 0.3 is 5.97 Å². The van der Waals surface area contributed by atoms with Crippen LogP contribution >= 0.6 is 11.8 Å². The first-order chi connectivity index (χ1) is 10.0. The van der Waals surface area contributed by atoms with Gasteiger partial charge in [-0.1, -0.05) is 6.07 Å². The Labute approximate surface area is 126 Å². The van der Waals surface area contributed by atoms with E-state index in [1.165, 1.54) is 11.8 Å². The third-order valence-electron chi connectivity index (χ3n) is 2.79. The van der Waals surface area contributed by atoms with E-state index >= 15 is 0 Å². The fourth-order valence-corrected chi connectivity index (χ4v) is 2.98. The van der Waals surface area contributed by atoms with E-state index in [0.29, 0.717) is 28.2 Å². The Hall–Kier alpha value is -2.15. The number of methoxy groups -OCH3 is 1. The SMILES string of the molecule is COc1ncccc1CSc1nc(C)nc(C)c1C(=O)O. The molecule has 2 heterocycles. The van der Waals surface area contributed by atoms with Crippen molar-refractivity contribution in [2.45, 2.75) is 24.6 Å². The zero-order valence-electron chi connectivity index (χ0n) is 12.0. The van der Waals surface area contributed by atoms with Crippen molar-refractivity contribution in [3.8, 4) is 5.88 Å². The Morgan fingerprint density at radius 3 is 2.81 bits per heavy atom. The molecule has 21 heavy (non-hydrogen) atoms. The minimum absolute atomic E-state index is 0.147. The van der Waals surface area contributed by atoms with E-state index in [2.05, 4.69) is 15.0 Å². The van der Waals surface area contributed by atoms with E-state index in [-0.39, 0.29) is 5.56 Å². The molecular formula is C14H15N3O3S. The van der Waals surface area contributed by atoms with Gasteiger partial charge in [0, 0.05) is 17.5 Å². The summed E-state index contributed by atoms with van der Waals surface area (Å²) >= 11 is 1.33. The van der Waals surface area contributed by atoms with Crippen LogP contribution in [0.15, 0.2) is 23.4 Å². The molecule has 2 aromatic rings. The second kappa shape index (κ2) is 6.53. The van der Waals surface area contributed by atoms with Gasteiger partial charge in [0.05, 0.1) is 12.8 Å². The smallest absolute Gasteiger partial charge is 0.340 e. The third kappa shape index (κ3) is 3.49. The molecule has 0 unspecified atom stereocenters. The maximum atomic E-state index is 11.4. The predicted octanol–water partition coefficient (Wildman–Crippen LogP) is 2.49. The lowest BCUT2D eigenvalue weighted by Crippen LogP contribution is -2.08. The van der Waals surface area contributed by atoms with Gasteiger partial charge in [0.15, 0.2) is 0 Å². The normalized spacial score (nSPS) is 10.4. The minimum Gasteiger partial charge on any atom is -0.481 e. The second-order valence-electron chi connectivity index (χ2n) is 4.30. The molecule has 7 heteroatoms. The van der Waals surface area contributed by atoms with E-state index in [4.69, 9.17) is 4.74 Å². The van der Waals surface area contributed by atoms with Crippen molar-refractivity contribution < 1.29 is 14.6 Å². The number of ether oxygens (including phenoxy) is 1. The Morgan fingerprint density at radius 1 is 1.38 bits per heavy atom. The zero-order valence-corrected chi connectivity index (χ0v) is 12.8. The van der Waals surface area contributed by atoms with Crippen LogP contribution in [0, 0.1) is 13.8 Å². The molecule has 0 amide bonds. The van der Waals surface area contributed by atoms with Gasteiger partial charge in [-0.2, -0.15) is 0 Å². The molecular weight excluding hydrogens is 290 g/mol. The number of nitrogens with zero attached hydrogens (tertiary/aromatic N) is 3. The van der Waals surface area contributed by atoms with Gasteiger partial charge in [-0.15, -0.1) is 11.8 Å². The molecule has 0 aliphatic rings. The fraction of sp³-hybridized carbons (Fsp3) is 0.286. The summed E-state index contributed by atoms with van der Waals surface area (Å²) in [7, 11) is 1.55. The lowest BCUT2D eigenvalue weighted by atomic mass is 10.2. The largest absolute Gasteiger partial charge is 0.481 e. The summed E-state index contributed by atoms with van der Waals surface area (Å²) in [4.78, 5) is 23.8. The number of hydrogen-bond acceptors (Lipinski definition) is 6. The van der Waals surface area contributed by atoms with Gasteiger partial charge in [0.1, 0.15) is 16.4 Å². The van der Waals surface area contributed by atoms with Gasteiger partial charge < -0.3 is 9.84 Å². The van der Waals surface area contributed by atoms with Gasteiger partial charge in [-0.05, 0) is 19.9 Å². The Balaban J connectivity index is 2.30. The van der Waals surface area contributed by atoms with Crippen molar-refractivity contribution in [1.29, 1.82) is 0 Å². The molecule has 0 spiro atoms. The highest BCUT2D eigenvalue weighted by atomic mass is 32.2. The maximum absolute atomic E-state index is 11.4. The van der Waals surface area contributed by atoms with Gasteiger partial charge in [-0.25, -0.2) is 19.7 Å². The number of hydrogen-bond donors (Lipinski definition) is 1. The Morgan fingerprint density at radius 2 is 2.14 bits per heavy atom. The number of carbonyl (C=O) groups is 1. The van der Waals surface area contributed by atoms with Crippen molar-refractivity contribution in [1.82, 2.24) is 15.0 Å². The fourth-order valence-electron chi connectivity index (χ4n) is 1.90. The van der Waals surface area contributed by atoms with Crippen LogP contribution in [0.25, 0.3) is 0 Å². The van der Waals surface area contributed by atoms with E-state index < -0.39 is 5.97 Å². The molecule has 2 rings (SSSR count). The first kappa shape index (κ1) is 15.2. The number of aromatic nitrogens is 3. The first-order valence-corrected chi connectivity index (χ1v) is 7.20. The standard InChI is InChI=1S/C14H15N3O3S/c1-8-11(14(18)19)13(17-9(2)16-8)21-7-10-5-4-6-15-12(10)20-3/h4-6H,7H2,1-3H3,(H,18,19). The lowest BCUT2D eigenvalue weighted by Gasteiger charge is -2.10. The summed E-state index contributed by atoms with van der Waals surface area (Å²) in [5.41, 5.74) is 1.50. The van der Waals surface area contributed by atoms with Gasteiger partial charge in [0.2, 0.25) is 5.88 Å². The van der Waals surface area contributed by atoms with Crippen LogP contribution in [0.2, 0.25) is 0 Å². The highest BCUT2D eigenvalue weighted by molar-refractivity contribution is 7.98. The zero-order chi connectivity index (χ0) is 15.4. The lowest BCUT2D eigenvalue weighted by molar-refractivity contribution is 0.0690. The second-order valence-corrected chi connectivity index (χ2v) is 5.27. The molecule has 1 N–H and O–H groups in total. The summed E-state index contributed by atoms with van der Waals surface area (Å²) in [6.45, 7) is 3.42. The summed E-state index contributed by atoms with van der Waals surface area (Å²) in [5.74, 6) is 0.586. The summed E-state index contributed by atoms with van der Waals surface area (Å²) in [6, 6.07) is 3.70. The number of carboxylic acid groups (broad SMARTS) is 1. The highest BCUT2D eigenvalue weighted by Crippen LogP contribution is 2.28. The number of rotatable bonds is 5. The van der Waals surface area contributed by atoms with Crippen molar-refractivity contribution in [3.63, 3.8) is 0 Å². The van der Waals surface area contributed by atoms with Gasteiger partial charge in [-0.3, -0.25) is 0 Å². The molecule has 6 nitrogen and oxygen atoms in total. The first-order valence-electron chi connectivity index (χ1n) is 6.22. The topological polar surface area (TPSA) is 85.2 Å². The van der Waals surface area contributed by atoms with Crippen molar-refractivity contribution in [3.05, 3.63) is 41.0 Å². The Bertz CT molecular complexity index is 677. The van der Waals surface area contributed by atoms with E-state index in [0.717, 1.165) is 5.56 Å². The maximum Gasteiger partial charge on any atom is 0.340 e. The number of aromatic carboxylic acids is 1. The van der Waals surface area contributed by atoms with Crippen LogP contribution in [0.5, 0.6) is 5.88 Å². The van der Waals surface area contributed by atoms with Crippen molar-refractivity contribution >= 4 is 17.7 Å². The third-order valence-corrected chi connectivity index (χ3v) is 3.81. The van der Waals surface area contributed by atoms with Gasteiger partial charge in [0.25, 0.3) is 0 Å². The molecule has 0 saturated heterocycles. The quantitative estimate of drug-likeness (QED) is 0.671. The number of carboxylic acids is 1. The molecule has 0 fully saturated rings. The molecule has 0 bridgehead atoms. The average molecular weight is 305 g/mol. The number of thioether (sulfide) groups is 1. The van der Waals surface area contributed by atoms with Crippen molar-refractivity contribution in [2.75, 3.05) is 7.11 Å². The van der Waals surface area contributed by atoms with E-state index in [1.54, 1.807) is 27.2 Å². The predicted molar refractivity (Wildman–Crippen MR) is 78.8 cm³/mol. The number of pyridine rings is 1. The minimum atomic E-state index is -1.02. The number of aryl methyl sites for hydroxylation is 2. The summed E-state index contributed by atoms with van der Waals surface area (Å²) in [6.07, 6.45) is 1.65. The highest BCUT2D eigenvalue weighted by Gasteiger charge is 2.18. The van der Waals surface area contributed by atoms with Crippen LogP contribution in [0.3, 0.4) is 0 Å².